The van der Waals surface area contributed by atoms with Gasteiger partial charge in [0, 0.05) is 11.8 Å². The summed E-state index contributed by atoms with van der Waals surface area (Å²) in [5.74, 6) is -0.510. The van der Waals surface area contributed by atoms with Crippen LogP contribution in [-0.4, -0.2) is 30.3 Å². The number of halogens is 1. The summed E-state index contributed by atoms with van der Waals surface area (Å²) in [7, 11) is 1.52. The van der Waals surface area contributed by atoms with Gasteiger partial charge in [0.15, 0.2) is 0 Å². The second kappa shape index (κ2) is 6.80. The zero-order valence-corrected chi connectivity index (χ0v) is 13.9. The summed E-state index contributed by atoms with van der Waals surface area (Å²) in [4.78, 5) is 23.1. The Bertz CT molecular complexity index is 540. The van der Waals surface area contributed by atoms with Crippen LogP contribution < -0.4 is 15.4 Å². The zero-order chi connectivity index (χ0) is 16.2. The summed E-state index contributed by atoms with van der Waals surface area (Å²) in [6.07, 6.45) is 0. The molecule has 0 fully saturated rings. The molecule has 0 aliphatic heterocycles. The molecule has 1 atom stereocenters. The molecule has 2 amide bonds. The van der Waals surface area contributed by atoms with Gasteiger partial charge in [0.25, 0.3) is 0 Å². The number of carboxylic acids is 1. The Morgan fingerprint density at radius 3 is 2.43 bits per heavy atom. The first-order chi connectivity index (χ1) is 9.65. The van der Waals surface area contributed by atoms with Gasteiger partial charge in [-0.05, 0) is 33.5 Å². The number of hydrogen-bond donors (Lipinski definition) is 3. The van der Waals surface area contributed by atoms with Gasteiger partial charge in [-0.2, -0.15) is 0 Å². The Balaban J connectivity index is 2.79. The van der Waals surface area contributed by atoms with E-state index in [1.54, 1.807) is 39.0 Å². The molecule has 0 aliphatic rings. The van der Waals surface area contributed by atoms with Crippen molar-refractivity contribution in [3.05, 3.63) is 22.7 Å². The third kappa shape index (κ3) is 4.93. The van der Waals surface area contributed by atoms with Gasteiger partial charge < -0.3 is 20.5 Å². The number of urea groups is 1. The normalized spacial score (nSPS) is 12.4. The highest BCUT2D eigenvalue weighted by molar-refractivity contribution is 9.10. The van der Waals surface area contributed by atoms with E-state index in [1.807, 2.05) is 0 Å². The molecule has 0 radical (unpaired) electrons. The average Bonchev–Trinajstić information content (AvgIpc) is 2.36. The first-order valence-electron chi connectivity index (χ1n) is 6.29. The Morgan fingerprint density at radius 2 is 1.95 bits per heavy atom. The summed E-state index contributed by atoms with van der Waals surface area (Å²) in [6, 6.07) is 3.47. The Kier molecular flexibility index (Phi) is 5.60. The first-order valence-corrected chi connectivity index (χ1v) is 7.08. The van der Waals surface area contributed by atoms with Crippen LogP contribution in [0.25, 0.3) is 0 Å². The molecule has 0 bridgehead atoms. The highest BCUT2D eigenvalue weighted by Gasteiger charge is 2.32. The molecular formula is C14H19BrN2O4. The Morgan fingerprint density at radius 1 is 1.33 bits per heavy atom. The monoisotopic (exact) mass is 358 g/mol. The van der Waals surface area contributed by atoms with Gasteiger partial charge in [-0.15, -0.1) is 0 Å². The molecule has 6 nitrogen and oxygen atoms in total. The fourth-order valence-corrected chi connectivity index (χ4v) is 2.09. The molecule has 1 aromatic rings. The molecule has 3 N–H and O–H groups in total. The maximum absolute atomic E-state index is 11.9. The number of benzene rings is 1. The molecule has 0 saturated heterocycles. The van der Waals surface area contributed by atoms with Crippen LogP contribution in [0.4, 0.5) is 10.5 Å². The minimum absolute atomic E-state index is 0.505. The molecule has 21 heavy (non-hydrogen) atoms. The van der Waals surface area contributed by atoms with Gasteiger partial charge in [0.05, 0.1) is 11.6 Å². The second-order valence-corrected chi connectivity index (χ2v) is 6.44. The SMILES string of the molecule is COc1cc(NC(=O)N[C@@H](C(=O)O)C(C)(C)C)ccc1Br. The van der Waals surface area contributed by atoms with Crippen molar-refractivity contribution in [3.8, 4) is 5.75 Å². The minimum atomic E-state index is -1.08. The largest absolute Gasteiger partial charge is 0.495 e. The van der Waals surface area contributed by atoms with Crippen molar-refractivity contribution >= 4 is 33.6 Å². The minimum Gasteiger partial charge on any atom is -0.495 e. The number of anilines is 1. The quantitative estimate of drug-likeness (QED) is 0.771. The van der Waals surface area contributed by atoms with Crippen LogP contribution in [0.2, 0.25) is 0 Å². The van der Waals surface area contributed by atoms with Crippen molar-refractivity contribution in [2.75, 3.05) is 12.4 Å². The Labute approximate surface area is 132 Å². The summed E-state index contributed by atoms with van der Waals surface area (Å²) in [5.41, 5.74) is -0.0915. The van der Waals surface area contributed by atoms with E-state index in [4.69, 9.17) is 4.74 Å². The number of amides is 2. The van der Waals surface area contributed by atoms with Gasteiger partial charge >= 0.3 is 12.0 Å². The van der Waals surface area contributed by atoms with Gasteiger partial charge in [-0.3, -0.25) is 0 Å². The highest BCUT2D eigenvalue weighted by Crippen LogP contribution is 2.28. The van der Waals surface area contributed by atoms with Crippen molar-refractivity contribution < 1.29 is 19.4 Å². The van der Waals surface area contributed by atoms with Crippen molar-refractivity contribution in [1.29, 1.82) is 0 Å². The number of nitrogens with one attached hydrogen (secondary N) is 2. The second-order valence-electron chi connectivity index (χ2n) is 5.59. The number of hydrogen-bond acceptors (Lipinski definition) is 3. The van der Waals surface area contributed by atoms with Crippen LogP contribution in [0.15, 0.2) is 22.7 Å². The third-order valence-corrected chi connectivity index (χ3v) is 3.45. The van der Waals surface area contributed by atoms with Gasteiger partial charge in [0.2, 0.25) is 0 Å². The number of carbonyl (C=O) groups is 2. The van der Waals surface area contributed by atoms with Gasteiger partial charge in [0.1, 0.15) is 11.8 Å². The zero-order valence-electron chi connectivity index (χ0n) is 12.4. The number of methoxy groups -OCH3 is 1. The number of carbonyl (C=O) groups excluding carboxylic acids is 1. The lowest BCUT2D eigenvalue weighted by Gasteiger charge is -2.27. The maximum atomic E-state index is 11.9. The van der Waals surface area contributed by atoms with Crippen LogP contribution in [0.3, 0.4) is 0 Å². The molecule has 0 aromatic heterocycles. The van der Waals surface area contributed by atoms with Gasteiger partial charge in [-0.1, -0.05) is 20.8 Å². The third-order valence-electron chi connectivity index (χ3n) is 2.80. The summed E-state index contributed by atoms with van der Waals surface area (Å²) in [5, 5.41) is 14.2. The molecule has 1 aromatic carbocycles. The fourth-order valence-electron chi connectivity index (χ4n) is 1.68. The van der Waals surface area contributed by atoms with Crippen molar-refractivity contribution in [1.82, 2.24) is 5.32 Å². The van der Waals surface area contributed by atoms with E-state index in [0.29, 0.717) is 11.4 Å². The molecule has 0 unspecified atom stereocenters. The molecule has 0 aliphatic carbocycles. The van der Waals surface area contributed by atoms with E-state index >= 15 is 0 Å². The van der Waals surface area contributed by atoms with Crippen LogP contribution in [0, 0.1) is 5.41 Å². The molecule has 7 heteroatoms. The topological polar surface area (TPSA) is 87.7 Å². The van der Waals surface area contributed by atoms with E-state index in [0.717, 1.165) is 4.47 Å². The lowest BCUT2D eigenvalue weighted by Crippen LogP contribution is -2.50. The molecule has 0 heterocycles. The molecule has 0 saturated carbocycles. The predicted octanol–water partition coefficient (Wildman–Crippen LogP) is 3.08. The number of aliphatic carboxylic acids is 1. The lowest BCUT2D eigenvalue weighted by molar-refractivity contribution is -0.141. The Hall–Kier alpha value is -1.76. The van der Waals surface area contributed by atoms with E-state index in [2.05, 4.69) is 26.6 Å². The van der Waals surface area contributed by atoms with Crippen molar-refractivity contribution in [2.45, 2.75) is 26.8 Å². The summed E-state index contributed by atoms with van der Waals surface area (Å²) < 4.78 is 5.89. The fraction of sp³-hybridized carbons (Fsp3) is 0.429. The van der Waals surface area contributed by atoms with Crippen LogP contribution in [-0.2, 0) is 4.79 Å². The molecule has 1 rings (SSSR count). The molecule has 0 spiro atoms. The number of rotatable bonds is 4. The smallest absolute Gasteiger partial charge is 0.326 e. The van der Waals surface area contributed by atoms with Crippen LogP contribution in [0.1, 0.15) is 20.8 Å². The predicted molar refractivity (Wildman–Crippen MR) is 83.7 cm³/mol. The molecule has 116 valence electrons. The summed E-state index contributed by atoms with van der Waals surface area (Å²) >= 11 is 3.31. The standard InChI is InChI=1S/C14H19BrN2O4/c1-14(2,3)11(12(18)19)17-13(20)16-8-5-6-9(15)10(7-8)21-4/h5-7,11H,1-4H3,(H,18,19)(H2,16,17,20)/t11-/m0/s1. The summed E-state index contributed by atoms with van der Waals surface area (Å²) in [6.45, 7) is 5.23. The first kappa shape index (κ1) is 17.3. The maximum Gasteiger partial charge on any atom is 0.326 e. The van der Waals surface area contributed by atoms with Crippen molar-refractivity contribution in [2.24, 2.45) is 5.41 Å². The number of carboxylic acid groups (broad SMARTS) is 1. The van der Waals surface area contributed by atoms with Crippen molar-refractivity contribution in [3.63, 3.8) is 0 Å². The van der Waals surface area contributed by atoms with Gasteiger partial charge in [-0.25, -0.2) is 9.59 Å². The number of ether oxygens (including phenoxy) is 1. The van der Waals surface area contributed by atoms with E-state index in [-0.39, 0.29) is 0 Å². The van der Waals surface area contributed by atoms with E-state index in [9.17, 15) is 14.7 Å². The highest BCUT2D eigenvalue weighted by atomic mass is 79.9. The van der Waals surface area contributed by atoms with E-state index in [1.165, 1.54) is 7.11 Å². The molecular weight excluding hydrogens is 340 g/mol. The van der Waals surface area contributed by atoms with Crippen LogP contribution in [0.5, 0.6) is 5.75 Å². The van der Waals surface area contributed by atoms with E-state index < -0.39 is 23.5 Å². The average molecular weight is 359 g/mol. The lowest BCUT2D eigenvalue weighted by atomic mass is 9.87. The van der Waals surface area contributed by atoms with Crippen LogP contribution >= 0.6 is 15.9 Å².